The maximum absolute atomic E-state index is 5.52. The third kappa shape index (κ3) is 1.38. The minimum Gasteiger partial charge on any atom is -0.152 e. The lowest BCUT2D eigenvalue weighted by atomic mass is 10.4. The first kappa shape index (κ1) is 6.40. The van der Waals surface area contributed by atoms with E-state index in [0.717, 1.165) is 5.56 Å². The molecule has 1 rings (SSSR count). The number of rotatable bonds is 1. The molecule has 0 amide bonds. The molecule has 8 heavy (non-hydrogen) atoms. The summed E-state index contributed by atoms with van der Waals surface area (Å²) in [6, 6.07) is 1.91. The van der Waals surface area contributed by atoms with Gasteiger partial charge in [-0.1, -0.05) is 0 Å². The highest BCUT2D eigenvalue weighted by Crippen LogP contribution is 2.25. The number of hydrogen-bond acceptors (Lipinski definition) is 1. The number of alkyl halides is 2. The van der Waals surface area contributed by atoms with Crippen molar-refractivity contribution in [3.63, 3.8) is 0 Å². The smallest absolute Gasteiger partial charge is 0.133 e. The molecule has 1 aromatic heterocycles. The molecule has 0 aliphatic rings. The Kier molecular flexibility index (Phi) is 2.17. The summed E-state index contributed by atoms with van der Waals surface area (Å²) in [5.74, 6) is 0. The average molecular weight is 167 g/mol. The van der Waals surface area contributed by atoms with Crippen molar-refractivity contribution >= 4 is 34.5 Å². The topological polar surface area (TPSA) is 0 Å². The highest BCUT2D eigenvalue weighted by atomic mass is 35.5. The highest BCUT2D eigenvalue weighted by molar-refractivity contribution is 7.08. The van der Waals surface area contributed by atoms with Crippen LogP contribution in [0.2, 0.25) is 0 Å². The number of hydrogen-bond donors (Lipinski definition) is 0. The third-order valence-corrected chi connectivity index (χ3v) is 2.00. The summed E-state index contributed by atoms with van der Waals surface area (Å²) in [6.07, 6.45) is 0. The van der Waals surface area contributed by atoms with Crippen LogP contribution in [0.15, 0.2) is 16.8 Å². The molecule has 0 aromatic carbocycles. The molecule has 0 bridgehead atoms. The fraction of sp³-hybridized carbons (Fsp3) is 0.200. The van der Waals surface area contributed by atoms with Crippen LogP contribution < -0.4 is 0 Å². The van der Waals surface area contributed by atoms with E-state index in [1.165, 1.54) is 0 Å². The summed E-state index contributed by atoms with van der Waals surface area (Å²) < 4.78 is 0. The molecule has 0 N–H and O–H groups in total. The Morgan fingerprint density at radius 2 is 2.25 bits per heavy atom. The van der Waals surface area contributed by atoms with E-state index in [9.17, 15) is 0 Å². The van der Waals surface area contributed by atoms with Crippen LogP contribution >= 0.6 is 34.5 Å². The summed E-state index contributed by atoms with van der Waals surface area (Å²) in [7, 11) is 0. The lowest BCUT2D eigenvalue weighted by Crippen LogP contribution is -1.70. The van der Waals surface area contributed by atoms with E-state index >= 15 is 0 Å². The molecule has 0 nitrogen and oxygen atoms in total. The molecule has 0 saturated heterocycles. The third-order valence-electron chi connectivity index (χ3n) is 0.795. The van der Waals surface area contributed by atoms with Crippen molar-refractivity contribution in [2.45, 2.75) is 4.84 Å². The Labute approximate surface area is 62.0 Å². The predicted molar refractivity (Wildman–Crippen MR) is 38.8 cm³/mol. The highest BCUT2D eigenvalue weighted by Gasteiger charge is 2.00. The van der Waals surface area contributed by atoms with E-state index in [4.69, 9.17) is 23.2 Å². The summed E-state index contributed by atoms with van der Waals surface area (Å²) in [4.78, 5) is -0.360. The zero-order chi connectivity index (χ0) is 5.98. The van der Waals surface area contributed by atoms with Gasteiger partial charge in [0.15, 0.2) is 0 Å². The molecule has 1 heterocycles. The fourth-order valence-electron chi connectivity index (χ4n) is 0.399. The largest absolute Gasteiger partial charge is 0.152 e. The Bertz CT molecular complexity index is 145. The second kappa shape index (κ2) is 2.72. The molecule has 0 spiro atoms. The minimum absolute atomic E-state index is 0.360. The summed E-state index contributed by atoms with van der Waals surface area (Å²) >= 11 is 12.6. The molecule has 0 radical (unpaired) electrons. The second-order valence-corrected chi connectivity index (χ2v) is 3.23. The van der Waals surface area contributed by atoms with Crippen LogP contribution in [0.25, 0.3) is 0 Å². The van der Waals surface area contributed by atoms with E-state index in [0.29, 0.717) is 0 Å². The Morgan fingerprint density at radius 3 is 2.50 bits per heavy atom. The van der Waals surface area contributed by atoms with Gasteiger partial charge >= 0.3 is 0 Å². The van der Waals surface area contributed by atoms with Crippen molar-refractivity contribution in [2.75, 3.05) is 0 Å². The first-order valence-electron chi connectivity index (χ1n) is 2.11. The van der Waals surface area contributed by atoms with E-state index in [1.54, 1.807) is 11.3 Å². The Balaban J connectivity index is 2.77. The van der Waals surface area contributed by atoms with E-state index in [1.807, 2.05) is 16.8 Å². The maximum Gasteiger partial charge on any atom is 0.133 e. The van der Waals surface area contributed by atoms with Gasteiger partial charge in [-0.25, -0.2) is 0 Å². The lowest BCUT2D eigenvalue weighted by molar-refractivity contribution is 1.40. The van der Waals surface area contributed by atoms with Crippen molar-refractivity contribution in [1.29, 1.82) is 0 Å². The minimum atomic E-state index is -0.360. The van der Waals surface area contributed by atoms with Crippen molar-refractivity contribution < 1.29 is 0 Å². The van der Waals surface area contributed by atoms with Gasteiger partial charge in [0.1, 0.15) is 4.84 Å². The normalized spacial score (nSPS) is 10.4. The lowest BCUT2D eigenvalue weighted by Gasteiger charge is -1.90. The first-order chi connectivity index (χ1) is 3.80. The van der Waals surface area contributed by atoms with Gasteiger partial charge in [-0.05, 0) is 22.4 Å². The van der Waals surface area contributed by atoms with Crippen LogP contribution in [-0.4, -0.2) is 0 Å². The SMILES string of the molecule is ClC(Cl)c1ccsc1. The molecule has 0 saturated carbocycles. The van der Waals surface area contributed by atoms with Crippen LogP contribution in [0.4, 0.5) is 0 Å². The van der Waals surface area contributed by atoms with Crippen LogP contribution in [0, 0.1) is 0 Å². The van der Waals surface area contributed by atoms with Crippen LogP contribution in [0.3, 0.4) is 0 Å². The first-order valence-corrected chi connectivity index (χ1v) is 3.92. The van der Waals surface area contributed by atoms with Gasteiger partial charge in [-0.15, -0.1) is 23.2 Å². The summed E-state index contributed by atoms with van der Waals surface area (Å²) in [6.45, 7) is 0. The van der Waals surface area contributed by atoms with E-state index in [-0.39, 0.29) is 4.84 Å². The van der Waals surface area contributed by atoms with Crippen LogP contribution in [0.1, 0.15) is 10.4 Å². The zero-order valence-corrected chi connectivity index (χ0v) is 6.30. The molecule has 0 atom stereocenters. The van der Waals surface area contributed by atoms with Crippen molar-refractivity contribution in [3.8, 4) is 0 Å². The zero-order valence-electron chi connectivity index (χ0n) is 3.97. The van der Waals surface area contributed by atoms with Gasteiger partial charge in [0.2, 0.25) is 0 Å². The van der Waals surface area contributed by atoms with Crippen LogP contribution in [-0.2, 0) is 0 Å². The van der Waals surface area contributed by atoms with Crippen LogP contribution in [0.5, 0.6) is 0 Å². The molecular weight excluding hydrogens is 163 g/mol. The Hall–Kier alpha value is 0.280. The standard InChI is InChI=1S/C5H4Cl2S/c6-5(7)4-1-2-8-3-4/h1-3,5H. The van der Waals surface area contributed by atoms with E-state index in [2.05, 4.69) is 0 Å². The molecule has 44 valence electrons. The molecule has 0 aliphatic heterocycles. The van der Waals surface area contributed by atoms with Crippen molar-refractivity contribution in [1.82, 2.24) is 0 Å². The number of thiophene rings is 1. The molecule has 0 fully saturated rings. The maximum atomic E-state index is 5.52. The summed E-state index contributed by atoms with van der Waals surface area (Å²) in [5, 5.41) is 3.89. The number of halogens is 2. The second-order valence-electron chi connectivity index (χ2n) is 1.36. The van der Waals surface area contributed by atoms with Gasteiger partial charge in [0, 0.05) is 0 Å². The van der Waals surface area contributed by atoms with E-state index < -0.39 is 0 Å². The molecule has 0 unspecified atom stereocenters. The monoisotopic (exact) mass is 166 g/mol. The molecular formula is C5H4Cl2S. The van der Waals surface area contributed by atoms with Gasteiger partial charge in [0.05, 0.1) is 0 Å². The van der Waals surface area contributed by atoms with Crippen molar-refractivity contribution in [2.24, 2.45) is 0 Å². The summed E-state index contributed by atoms with van der Waals surface area (Å²) in [5.41, 5.74) is 0.985. The molecule has 1 aromatic rings. The molecule has 3 heteroatoms. The quantitative estimate of drug-likeness (QED) is 0.563. The van der Waals surface area contributed by atoms with Gasteiger partial charge in [-0.3, -0.25) is 0 Å². The predicted octanol–water partition coefficient (Wildman–Crippen LogP) is 3.22. The molecule has 0 aliphatic carbocycles. The van der Waals surface area contributed by atoms with Gasteiger partial charge in [-0.2, -0.15) is 11.3 Å². The van der Waals surface area contributed by atoms with Crippen molar-refractivity contribution in [3.05, 3.63) is 22.4 Å². The average Bonchev–Trinajstić information content (AvgIpc) is 2.12. The Morgan fingerprint density at radius 1 is 1.50 bits per heavy atom. The van der Waals surface area contributed by atoms with Gasteiger partial charge < -0.3 is 0 Å². The van der Waals surface area contributed by atoms with Gasteiger partial charge in [0.25, 0.3) is 0 Å². The fourth-order valence-corrected chi connectivity index (χ4v) is 1.51.